The van der Waals surface area contributed by atoms with E-state index in [1.165, 1.54) is 17.4 Å². The Morgan fingerprint density at radius 3 is 2.49 bits per heavy atom. The molecule has 0 saturated heterocycles. The van der Waals surface area contributed by atoms with Gasteiger partial charge in [-0.2, -0.15) is 5.26 Å². The van der Waals surface area contributed by atoms with Crippen molar-refractivity contribution in [3.05, 3.63) is 64.2 Å². The smallest absolute Gasteiger partial charge is 0.268 e. The zero-order valence-electron chi connectivity index (χ0n) is 20.2. The van der Waals surface area contributed by atoms with Gasteiger partial charge in [-0.15, -0.1) is 10.2 Å². The third kappa shape index (κ3) is 7.29. The van der Waals surface area contributed by atoms with E-state index in [9.17, 15) is 10.1 Å². The Labute approximate surface area is 209 Å². The number of aryl methyl sites for hydroxylation is 1. The molecule has 0 aliphatic rings. The quantitative estimate of drug-likeness (QED) is 0.218. The molecule has 0 saturated carbocycles. The summed E-state index contributed by atoms with van der Waals surface area (Å²) in [7, 11) is 0. The first-order valence-corrected chi connectivity index (χ1v) is 12.1. The second kappa shape index (κ2) is 12.5. The van der Waals surface area contributed by atoms with Gasteiger partial charge in [0.25, 0.3) is 5.91 Å². The summed E-state index contributed by atoms with van der Waals surface area (Å²) in [5.74, 6) is 1.54. The van der Waals surface area contributed by atoms with E-state index in [2.05, 4.69) is 15.5 Å². The molecule has 2 aromatic carbocycles. The van der Waals surface area contributed by atoms with Crippen LogP contribution >= 0.6 is 11.3 Å². The molecule has 0 radical (unpaired) electrons. The lowest BCUT2D eigenvalue weighted by atomic mass is 10.1. The van der Waals surface area contributed by atoms with E-state index in [1.807, 2.05) is 58.0 Å². The Kier molecular flexibility index (Phi) is 9.21. The fourth-order valence-corrected chi connectivity index (χ4v) is 3.76. The second-order valence-corrected chi connectivity index (χ2v) is 8.83. The van der Waals surface area contributed by atoms with Crippen LogP contribution in [0.1, 0.15) is 42.8 Å². The van der Waals surface area contributed by atoms with Crippen LogP contribution in [0.2, 0.25) is 0 Å². The monoisotopic (exact) mass is 492 g/mol. The second-order valence-electron chi connectivity index (χ2n) is 7.83. The summed E-state index contributed by atoms with van der Waals surface area (Å²) in [4.78, 5) is 12.6. The van der Waals surface area contributed by atoms with Crippen molar-refractivity contribution < 1.29 is 19.0 Å². The first-order chi connectivity index (χ1) is 16.9. The van der Waals surface area contributed by atoms with Crippen LogP contribution < -0.4 is 19.5 Å². The molecule has 3 aromatic rings. The zero-order valence-corrected chi connectivity index (χ0v) is 21.0. The van der Waals surface area contributed by atoms with E-state index >= 15 is 0 Å². The first-order valence-electron chi connectivity index (χ1n) is 11.3. The number of hydrogen-bond donors (Lipinski definition) is 1. The van der Waals surface area contributed by atoms with Crippen molar-refractivity contribution in [2.45, 2.75) is 33.6 Å². The van der Waals surface area contributed by atoms with E-state index < -0.39 is 5.91 Å². The standard InChI is InChI=1S/C26H28N4O4S/c1-5-32-23-15-19(10-11-22(23)34-13-12-33-21-9-7-6-8-18(21)4)14-20(16-27)24(31)28-26-30-29-25(35-26)17(2)3/h6-11,14-15,17H,5,12-13H2,1-4H3,(H,28,30,31)/b20-14-. The molecule has 9 heteroatoms. The Morgan fingerprint density at radius 1 is 1.09 bits per heavy atom. The predicted molar refractivity (Wildman–Crippen MR) is 136 cm³/mol. The van der Waals surface area contributed by atoms with Crippen molar-refractivity contribution in [1.82, 2.24) is 10.2 Å². The highest BCUT2D eigenvalue weighted by Gasteiger charge is 2.15. The van der Waals surface area contributed by atoms with Crippen LogP contribution in [0.15, 0.2) is 48.0 Å². The number of nitrogens with one attached hydrogen (secondary N) is 1. The summed E-state index contributed by atoms with van der Waals surface area (Å²) in [6, 6.07) is 15.0. The highest BCUT2D eigenvalue weighted by atomic mass is 32.1. The number of benzene rings is 2. The number of nitrogens with zero attached hydrogens (tertiary/aromatic N) is 3. The Morgan fingerprint density at radius 2 is 1.83 bits per heavy atom. The third-order valence-corrected chi connectivity index (χ3v) is 5.93. The van der Waals surface area contributed by atoms with Crippen molar-refractivity contribution in [3.8, 4) is 23.3 Å². The number of ether oxygens (including phenoxy) is 3. The molecule has 0 unspecified atom stereocenters. The summed E-state index contributed by atoms with van der Waals surface area (Å²) < 4.78 is 17.3. The predicted octanol–water partition coefficient (Wildman–Crippen LogP) is 5.37. The van der Waals surface area contributed by atoms with Crippen molar-refractivity contribution in [3.63, 3.8) is 0 Å². The number of hydrogen-bond acceptors (Lipinski definition) is 8. The lowest BCUT2D eigenvalue weighted by molar-refractivity contribution is -0.112. The lowest BCUT2D eigenvalue weighted by Gasteiger charge is -2.14. The summed E-state index contributed by atoms with van der Waals surface area (Å²) in [5, 5.41) is 21.3. The average Bonchev–Trinajstić information content (AvgIpc) is 3.31. The molecule has 1 N–H and O–H groups in total. The maximum Gasteiger partial charge on any atom is 0.268 e. The fourth-order valence-electron chi connectivity index (χ4n) is 3.02. The van der Waals surface area contributed by atoms with Gasteiger partial charge < -0.3 is 14.2 Å². The molecule has 1 amide bonds. The van der Waals surface area contributed by atoms with Crippen molar-refractivity contribution in [2.75, 3.05) is 25.1 Å². The molecule has 35 heavy (non-hydrogen) atoms. The lowest BCUT2D eigenvalue weighted by Crippen LogP contribution is -2.13. The molecule has 3 rings (SSSR count). The summed E-state index contributed by atoms with van der Waals surface area (Å²) >= 11 is 1.29. The van der Waals surface area contributed by atoms with Crippen LogP contribution in [0, 0.1) is 18.3 Å². The van der Waals surface area contributed by atoms with Crippen LogP contribution in [0.3, 0.4) is 0 Å². The highest BCUT2D eigenvalue weighted by Crippen LogP contribution is 2.30. The Balaban J connectivity index is 1.66. The summed E-state index contributed by atoms with van der Waals surface area (Å²) in [5.41, 5.74) is 1.63. The number of nitriles is 1. The van der Waals surface area contributed by atoms with Gasteiger partial charge in [-0.05, 0) is 49.2 Å². The number of rotatable bonds is 11. The summed E-state index contributed by atoms with van der Waals surface area (Å²) in [6.45, 7) is 8.98. The molecule has 1 heterocycles. The molecule has 8 nitrogen and oxygen atoms in total. The molecule has 0 spiro atoms. The maximum absolute atomic E-state index is 12.6. The van der Waals surface area contributed by atoms with Gasteiger partial charge in [-0.3, -0.25) is 10.1 Å². The van der Waals surface area contributed by atoms with E-state index in [0.717, 1.165) is 16.3 Å². The normalized spacial score (nSPS) is 11.1. The molecule has 0 atom stereocenters. The molecule has 0 aliphatic carbocycles. The minimum absolute atomic E-state index is 0.0611. The molecule has 0 fully saturated rings. The van der Waals surface area contributed by atoms with E-state index in [0.29, 0.717) is 42.0 Å². The van der Waals surface area contributed by atoms with Gasteiger partial charge in [0.15, 0.2) is 11.5 Å². The number of amides is 1. The minimum atomic E-state index is -0.550. The molecule has 0 aliphatic heterocycles. The first kappa shape index (κ1) is 25.7. The fraction of sp³-hybridized carbons (Fsp3) is 0.308. The molecule has 182 valence electrons. The molecular weight excluding hydrogens is 464 g/mol. The van der Waals surface area contributed by atoms with Gasteiger partial charge in [-0.25, -0.2) is 0 Å². The molecule has 1 aromatic heterocycles. The van der Waals surface area contributed by atoms with Crippen LogP contribution in [-0.4, -0.2) is 35.9 Å². The number of aromatic nitrogens is 2. The Bertz CT molecular complexity index is 1230. The maximum atomic E-state index is 12.6. The van der Waals surface area contributed by atoms with Crippen LogP contribution in [0.4, 0.5) is 5.13 Å². The van der Waals surface area contributed by atoms with Crippen LogP contribution in [-0.2, 0) is 4.79 Å². The third-order valence-electron chi connectivity index (χ3n) is 4.79. The van der Waals surface area contributed by atoms with Crippen LogP contribution in [0.25, 0.3) is 6.08 Å². The SMILES string of the molecule is CCOc1cc(/C=C(/C#N)C(=O)Nc2nnc(C(C)C)s2)ccc1OCCOc1ccccc1C. The van der Waals surface area contributed by atoms with Gasteiger partial charge in [0, 0.05) is 5.92 Å². The zero-order chi connectivity index (χ0) is 25.2. The number of carbonyl (C=O) groups is 1. The molecule has 0 bridgehead atoms. The van der Waals surface area contributed by atoms with Crippen molar-refractivity contribution in [2.24, 2.45) is 0 Å². The van der Waals surface area contributed by atoms with Gasteiger partial charge in [0.2, 0.25) is 5.13 Å². The van der Waals surface area contributed by atoms with Gasteiger partial charge in [0.05, 0.1) is 6.61 Å². The van der Waals surface area contributed by atoms with Gasteiger partial charge in [-0.1, -0.05) is 49.4 Å². The highest BCUT2D eigenvalue weighted by molar-refractivity contribution is 7.15. The topological polar surface area (TPSA) is 106 Å². The largest absolute Gasteiger partial charge is 0.490 e. The van der Waals surface area contributed by atoms with Crippen molar-refractivity contribution >= 4 is 28.5 Å². The molecular formula is C26H28N4O4S. The van der Waals surface area contributed by atoms with Gasteiger partial charge >= 0.3 is 0 Å². The van der Waals surface area contributed by atoms with Crippen molar-refractivity contribution in [1.29, 1.82) is 5.26 Å². The minimum Gasteiger partial charge on any atom is -0.490 e. The van der Waals surface area contributed by atoms with E-state index in [-0.39, 0.29) is 11.5 Å². The number of anilines is 1. The van der Waals surface area contributed by atoms with E-state index in [4.69, 9.17) is 14.2 Å². The van der Waals surface area contributed by atoms with E-state index in [1.54, 1.807) is 18.2 Å². The van der Waals surface area contributed by atoms with Crippen LogP contribution in [0.5, 0.6) is 17.2 Å². The average molecular weight is 493 g/mol. The number of carbonyl (C=O) groups excluding carboxylic acids is 1. The number of para-hydroxylation sites is 1. The summed E-state index contributed by atoms with van der Waals surface area (Å²) in [6.07, 6.45) is 1.49. The van der Waals surface area contributed by atoms with Gasteiger partial charge in [0.1, 0.15) is 35.6 Å². The Hall–Kier alpha value is -3.90.